The van der Waals surface area contributed by atoms with E-state index in [0.717, 1.165) is 5.56 Å². The molecule has 0 aliphatic heterocycles. The van der Waals surface area contributed by atoms with Gasteiger partial charge in [0.25, 0.3) is 0 Å². The standard InChI is InChI=1S/C15H16FNO2/c1-10(17)13-3-2-4-14(16)15(13)19-12-7-5-11(9-18)6-8-12/h2-8,10,18H,9,17H2,1H3. The minimum atomic E-state index is -0.443. The average molecular weight is 261 g/mol. The van der Waals surface area contributed by atoms with Gasteiger partial charge in [0.2, 0.25) is 0 Å². The van der Waals surface area contributed by atoms with Crippen LogP contribution in [0.25, 0.3) is 0 Å². The second kappa shape index (κ2) is 5.82. The van der Waals surface area contributed by atoms with Gasteiger partial charge in [0, 0.05) is 11.6 Å². The number of benzene rings is 2. The van der Waals surface area contributed by atoms with Gasteiger partial charge in [0.15, 0.2) is 11.6 Å². The molecule has 100 valence electrons. The molecule has 4 heteroatoms. The van der Waals surface area contributed by atoms with Gasteiger partial charge in [-0.25, -0.2) is 4.39 Å². The number of halogens is 1. The number of nitrogens with two attached hydrogens (primary N) is 1. The van der Waals surface area contributed by atoms with E-state index in [0.29, 0.717) is 11.3 Å². The molecule has 0 aliphatic carbocycles. The van der Waals surface area contributed by atoms with E-state index in [9.17, 15) is 4.39 Å². The van der Waals surface area contributed by atoms with E-state index in [-0.39, 0.29) is 18.4 Å². The van der Waals surface area contributed by atoms with Crippen molar-refractivity contribution >= 4 is 0 Å². The minimum absolute atomic E-state index is 0.0366. The molecule has 0 fully saturated rings. The van der Waals surface area contributed by atoms with Crippen LogP contribution in [0.1, 0.15) is 24.1 Å². The van der Waals surface area contributed by atoms with E-state index in [1.165, 1.54) is 6.07 Å². The van der Waals surface area contributed by atoms with Crippen LogP contribution in [0.15, 0.2) is 42.5 Å². The zero-order valence-electron chi connectivity index (χ0n) is 10.6. The van der Waals surface area contributed by atoms with Crippen molar-refractivity contribution in [2.75, 3.05) is 0 Å². The molecule has 0 spiro atoms. The third-order valence-corrected chi connectivity index (χ3v) is 2.81. The highest BCUT2D eigenvalue weighted by Gasteiger charge is 2.13. The van der Waals surface area contributed by atoms with Crippen molar-refractivity contribution in [1.29, 1.82) is 0 Å². The van der Waals surface area contributed by atoms with E-state index < -0.39 is 5.82 Å². The number of rotatable bonds is 4. The largest absolute Gasteiger partial charge is 0.454 e. The number of aliphatic hydroxyl groups is 1. The summed E-state index contributed by atoms with van der Waals surface area (Å²) in [6.07, 6.45) is 0. The highest BCUT2D eigenvalue weighted by molar-refractivity contribution is 5.41. The highest BCUT2D eigenvalue weighted by atomic mass is 19.1. The zero-order valence-corrected chi connectivity index (χ0v) is 10.6. The summed E-state index contributed by atoms with van der Waals surface area (Å²) in [5.41, 5.74) is 7.19. The van der Waals surface area contributed by atoms with Gasteiger partial charge in [-0.1, -0.05) is 24.3 Å². The maximum absolute atomic E-state index is 13.8. The summed E-state index contributed by atoms with van der Waals surface area (Å²) in [4.78, 5) is 0. The van der Waals surface area contributed by atoms with Gasteiger partial charge < -0.3 is 15.6 Å². The van der Waals surface area contributed by atoms with Crippen molar-refractivity contribution in [3.8, 4) is 11.5 Å². The van der Waals surface area contributed by atoms with Gasteiger partial charge >= 0.3 is 0 Å². The van der Waals surface area contributed by atoms with Crippen LogP contribution in [-0.2, 0) is 6.61 Å². The van der Waals surface area contributed by atoms with Gasteiger partial charge in [-0.05, 0) is 30.7 Å². The molecular formula is C15H16FNO2. The summed E-state index contributed by atoms with van der Waals surface area (Å²) in [7, 11) is 0. The maximum atomic E-state index is 13.8. The van der Waals surface area contributed by atoms with Crippen LogP contribution in [0.5, 0.6) is 11.5 Å². The van der Waals surface area contributed by atoms with Crippen molar-refractivity contribution in [2.45, 2.75) is 19.6 Å². The zero-order chi connectivity index (χ0) is 13.8. The SMILES string of the molecule is CC(N)c1cccc(F)c1Oc1ccc(CO)cc1. The van der Waals surface area contributed by atoms with Crippen molar-refractivity contribution in [3.05, 3.63) is 59.4 Å². The topological polar surface area (TPSA) is 55.5 Å². The molecule has 3 nitrogen and oxygen atoms in total. The molecule has 0 saturated heterocycles. The van der Waals surface area contributed by atoms with Gasteiger partial charge in [-0.15, -0.1) is 0 Å². The molecule has 0 amide bonds. The fraction of sp³-hybridized carbons (Fsp3) is 0.200. The smallest absolute Gasteiger partial charge is 0.167 e. The summed E-state index contributed by atoms with van der Waals surface area (Å²) in [6.45, 7) is 1.74. The Kier molecular flexibility index (Phi) is 4.14. The third-order valence-electron chi connectivity index (χ3n) is 2.81. The Morgan fingerprint density at radius 2 is 1.89 bits per heavy atom. The summed E-state index contributed by atoms with van der Waals surface area (Å²) >= 11 is 0. The second-order valence-corrected chi connectivity index (χ2v) is 4.35. The lowest BCUT2D eigenvalue weighted by atomic mass is 10.1. The fourth-order valence-corrected chi connectivity index (χ4v) is 1.77. The number of hydrogen-bond acceptors (Lipinski definition) is 3. The predicted octanol–water partition coefficient (Wildman–Crippen LogP) is 3.13. The first-order valence-electron chi connectivity index (χ1n) is 6.03. The molecule has 0 aliphatic rings. The highest BCUT2D eigenvalue weighted by Crippen LogP contribution is 2.31. The van der Waals surface area contributed by atoms with Gasteiger partial charge in [-0.3, -0.25) is 0 Å². The van der Waals surface area contributed by atoms with Gasteiger partial charge in [0.1, 0.15) is 5.75 Å². The van der Waals surface area contributed by atoms with E-state index in [2.05, 4.69) is 0 Å². The number of para-hydroxylation sites is 1. The number of hydrogen-bond donors (Lipinski definition) is 2. The Labute approximate surface area is 111 Å². The average Bonchev–Trinajstić information content (AvgIpc) is 2.41. The molecule has 0 heterocycles. The Balaban J connectivity index is 2.31. The van der Waals surface area contributed by atoms with E-state index in [1.54, 1.807) is 43.3 Å². The van der Waals surface area contributed by atoms with E-state index in [4.69, 9.17) is 15.6 Å². The van der Waals surface area contributed by atoms with Gasteiger partial charge in [-0.2, -0.15) is 0 Å². The first-order chi connectivity index (χ1) is 9.11. The molecule has 1 atom stereocenters. The monoisotopic (exact) mass is 261 g/mol. The van der Waals surface area contributed by atoms with Crippen LogP contribution in [0, 0.1) is 5.82 Å². The van der Waals surface area contributed by atoms with Crippen LogP contribution in [0.3, 0.4) is 0 Å². The number of ether oxygens (including phenoxy) is 1. The van der Waals surface area contributed by atoms with Crippen molar-refractivity contribution in [3.63, 3.8) is 0 Å². The summed E-state index contributed by atoms with van der Waals surface area (Å²) in [5.74, 6) is 0.208. The molecule has 3 N–H and O–H groups in total. The minimum Gasteiger partial charge on any atom is -0.454 e. The Bertz CT molecular complexity index is 553. The lowest BCUT2D eigenvalue weighted by molar-refractivity contribution is 0.281. The summed E-state index contributed by atoms with van der Waals surface area (Å²) in [5, 5.41) is 8.96. The Morgan fingerprint density at radius 1 is 1.21 bits per heavy atom. The quantitative estimate of drug-likeness (QED) is 0.889. The molecule has 0 radical (unpaired) electrons. The second-order valence-electron chi connectivity index (χ2n) is 4.35. The molecule has 1 unspecified atom stereocenters. The third kappa shape index (κ3) is 3.10. The van der Waals surface area contributed by atoms with Gasteiger partial charge in [0.05, 0.1) is 6.61 Å². The normalized spacial score (nSPS) is 12.2. The van der Waals surface area contributed by atoms with Crippen LogP contribution < -0.4 is 10.5 Å². The summed E-state index contributed by atoms with van der Waals surface area (Å²) in [6, 6.07) is 11.2. The first kappa shape index (κ1) is 13.5. The van der Waals surface area contributed by atoms with E-state index in [1.807, 2.05) is 0 Å². The van der Waals surface area contributed by atoms with Crippen LogP contribution >= 0.6 is 0 Å². The van der Waals surface area contributed by atoms with Crippen LogP contribution in [0.4, 0.5) is 4.39 Å². The molecule has 0 bridgehead atoms. The van der Waals surface area contributed by atoms with Crippen LogP contribution in [0.2, 0.25) is 0 Å². The molecule has 19 heavy (non-hydrogen) atoms. The summed E-state index contributed by atoms with van der Waals surface area (Å²) < 4.78 is 19.4. The number of aliphatic hydroxyl groups excluding tert-OH is 1. The first-order valence-corrected chi connectivity index (χ1v) is 6.03. The lowest BCUT2D eigenvalue weighted by Crippen LogP contribution is -2.07. The lowest BCUT2D eigenvalue weighted by Gasteiger charge is -2.14. The Morgan fingerprint density at radius 3 is 2.47 bits per heavy atom. The molecule has 0 aromatic heterocycles. The molecular weight excluding hydrogens is 245 g/mol. The Hall–Kier alpha value is -1.91. The fourth-order valence-electron chi connectivity index (χ4n) is 1.77. The van der Waals surface area contributed by atoms with Crippen molar-refractivity contribution < 1.29 is 14.2 Å². The van der Waals surface area contributed by atoms with Crippen molar-refractivity contribution in [1.82, 2.24) is 0 Å². The van der Waals surface area contributed by atoms with Crippen LogP contribution in [-0.4, -0.2) is 5.11 Å². The predicted molar refractivity (Wildman–Crippen MR) is 71.4 cm³/mol. The van der Waals surface area contributed by atoms with Crippen molar-refractivity contribution in [2.24, 2.45) is 5.73 Å². The molecule has 2 aromatic rings. The molecule has 2 aromatic carbocycles. The maximum Gasteiger partial charge on any atom is 0.167 e. The van der Waals surface area contributed by atoms with E-state index >= 15 is 0 Å². The molecule has 0 saturated carbocycles. The molecule has 2 rings (SSSR count).